The number of amides is 1. The second kappa shape index (κ2) is 9.61. The maximum Gasteiger partial charge on any atom is 0.217 e. The molecule has 1 aliphatic carbocycles. The van der Waals surface area contributed by atoms with Crippen LogP contribution in [0.25, 0.3) is 0 Å². The lowest BCUT2D eigenvalue weighted by molar-refractivity contribution is -0.120. The first-order valence-corrected chi connectivity index (χ1v) is 9.10. The number of rotatable bonds is 8. The van der Waals surface area contributed by atoms with Gasteiger partial charge in [-0.3, -0.25) is 4.79 Å². The predicted molar refractivity (Wildman–Crippen MR) is 95.9 cm³/mol. The fourth-order valence-corrected chi connectivity index (χ4v) is 2.93. The summed E-state index contributed by atoms with van der Waals surface area (Å²) in [7, 11) is 0. The topological polar surface area (TPSA) is 69.7 Å². The lowest BCUT2D eigenvalue weighted by Gasteiger charge is -2.29. The summed E-state index contributed by atoms with van der Waals surface area (Å²) >= 11 is 0. The van der Waals surface area contributed by atoms with Crippen molar-refractivity contribution in [3.63, 3.8) is 0 Å². The summed E-state index contributed by atoms with van der Waals surface area (Å²) in [6.07, 6.45) is 6.14. The van der Waals surface area contributed by atoms with Crippen molar-refractivity contribution in [2.75, 3.05) is 6.61 Å². The van der Waals surface area contributed by atoms with Gasteiger partial charge in [-0.15, -0.1) is 0 Å². The van der Waals surface area contributed by atoms with E-state index in [2.05, 4.69) is 10.3 Å². The van der Waals surface area contributed by atoms with Gasteiger partial charge in [0.25, 0.3) is 0 Å². The third kappa shape index (κ3) is 7.30. The third-order valence-electron chi connectivity index (χ3n) is 4.02. The van der Waals surface area contributed by atoms with Crippen LogP contribution in [0.4, 0.5) is 0 Å². The average Bonchev–Trinajstić information content (AvgIpc) is 2.55. The van der Waals surface area contributed by atoms with E-state index in [9.17, 15) is 4.79 Å². The lowest BCUT2D eigenvalue weighted by Crippen LogP contribution is -2.36. The number of nitrogens with one attached hydrogen (secondary N) is 1. The first-order valence-electron chi connectivity index (χ1n) is 9.10. The Kier molecular flexibility index (Phi) is 7.50. The highest BCUT2D eigenvalue weighted by atomic mass is 16.5. The monoisotopic (exact) mass is 350 g/mol. The molecule has 140 valence electrons. The summed E-state index contributed by atoms with van der Waals surface area (Å²) in [6, 6.07) is 3.79. The van der Waals surface area contributed by atoms with E-state index in [4.69, 9.17) is 14.2 Å². The fraction of sp³-hybridized carbons (Fsp3) is 0.684. The van der Waals surface area contributed by atoms with Gasteiger partial charge in [-0.25, -0.2) is 4.98 Å². The van der Waals surface area contributed by atoms with Crippen LogP contribution in [0, 0.1) is 0 Å². The molecule has 0 bridgehead atoms. The Morgan fingerprint density at radius 3 is 2.44 bits per heavy atom. The maximum atomic E-state index is 11.0. The Balaban J connectivity index is 1.69. The van der Waals surface area contributed by atoms with Crippen LogP contribution < -0.4 is 14.8 Å². The molecule has 0 aliphatic heterocycles. The van der Waals surface area contributed by atoms with Crippen LogP contribution in [0.15, 0.2) is 18.3 Å². The van der Waals surface area contributed by atoms with Crippen LogP contribution in [0.3, 0.4) is 0 Å². The van der Waals surface area contributed by atoms with Gasteiger partial charge >= 0.3 is 0 Å². The van der Waals surface area contributed by atoms with E-state index in [1.54, 1.807) is 6.20 Å². The second-order valence-corrected chi connectivity index (χ2v) is 6.95. The van der Waals surface area contributed by atoms with Crippen LogP contribution >= 0.6 is 0 Å². The molecule has 1 fully saturated rings. The minimum atomic E-state index is -0.0216. The van der Waals surface area contributed by atoms with Gasteiger partial charge < -0.3 is 19.5 Å². The van der Waals surface area contributed by atoms with Crippen LogP contribution in [-0.4, -0.2) is 41.9 Å². The molecule has 25 heavy (non-hydrogen) atoms. The molecule has 1 saturated carbocycles. The Bertz CT molecular complexity index is 525. The molecule has 0 saturated heterocycles. The zero-order chi connectivity index (χ0) is 18.2. The number of hydrogen-bond acceptors (Lipinski definition) is 5. The highest BCUT2D eigenvalue weighted by Crippen LogP contribution is 2.26. The summed E-state index contributed by atoms with van der Waals surface area (Å²) in [6.45, 7) is 7.98. The van der Waals surface area contributed by atoms with Gasteiger partial charge in [-0.2, -0.15) is 0 Å². The van der Waals surface area contributed by atoms with Gasteiger partial charge in [-0.1, -0.05) is 0 Å². The SMILES string of the molecule is CC(=O)N[C@H](C)COC1CCC(Oc2ccc(OC(C)C)nc2)CC1. The van der Waals surface area contributed by atoms with Crippen molar-refractivity contribution in [1.29, 1.82) is 0 Å². The minimum absolute atomic E-state index is 0.0216. The average molecular weight is 350 g/mol. The van der Waals surface area contributed by atoms with Gasteiger partial charge in [0.15, 0.2) is 0 Å². The number of hydrogen-bond donors (Lipinski definition) is 1. The molecule has 0 spiro atoms. The van der Waals surface area contributed by atoms with Crippen LogP contribution in [0.2, 0.25) is 0 Å². The zero-order valence-corrected chi connectivity index (χ0v) is 15.7. The van der Waals surface area contributed by atoms with E-state index in [-0.39, 0.29) is 30.3 Å². The predicted octanol–water partition coefficient (Wildman–Crippen LogP) is 3.10. The van der Waals surface area contributed by atoms with E-state index >= 15 is 0 Å². The summed E-state index contributed by atoms with van der Waals surface area (Å²) in [5.41, 5.74) is 0. The van der Waals surface area contributed by atoms with Crippen LogP contribution in [0.5, 0.6) is 11.6 Å². The fourth-order valence-electron chi connectivity index (χ4n) is 2.93. The molecule has 6 nitrogen and oxygen atoms in total. The molecule has 1 aromatic rings. The molecule has 1 aromatic heterocycles. The van der Waals surface area contributed by atoms with Crippen molar-refractivity contribution >= 4 is 5.91 Å². The number of ether oxygens (including phenoxy) is 3. The second-order valence-electron chi connectivity index (χ2n) is 6.95. The Labute approximate surface area is 150 Å². The van der Waals surface area contributed by atoms with Crippen LogP contribution in [-0.2, 0) is 9.53 Å². The van der Waals surface area contributed by atoms with E-state index in [1.165, 1.54) is 6.92 Å². The molecule has 0 aromatic carbocycles. The van der Waals surface area contributed by atoms with Crippen molar-refractivity contribution in [3.8, 4) is 11.6 Å². The van der Waals surface area contributed by atoms with Crippen LogP contribution in [0.1, 0.15) is 53.4 Å². The molecule has 1 atom stereocenters. The molecule has 6 heteroatoms. The van der Waals surface area contributed by atoms with Gasteiger partial charge in [0.05, 0.1) is 31.1 Å². The molecule has 0 radical (unpaired) electrons. The molecule has 0 unspecified atom stereocenters. The normalized spacial score (nSPS) is 21.6. The first-order chi connectivity index (χ1) is 11.9. The van der Waals surface area contributed by atoms with Gasteiger partial charge in [0.2, 0.25) is 11.8 Å². The summed E-state index contributed by atoms with van der Waals surface area (Å²) in [5.74, 6) is 1.37. The highest BCUT2D eigenvalue weighted by molar-refractivity contribution is 5.73. The summed E-state index contributed by atoms with van der Waals surface area (Å²) in [4.78, 5) is 15.3. The largest absolute Gasteiger partial charge is 0.489 e. The van der Waals surface area contributed by atoms with E-state index < -0.39 is 0 Å². The summed E-state index contributed by atoms with van der Waals surface area (Å²) < 4.78 is 17.4. The van der Waals surface area contributed by atoms with Crippen molar-refractivity contribution in [3.05, 3.63) is 18.3 Å². The molecule has 1 aliphatic rings. The molecule has 1 N–H and O–H groups in total. The van der Waals surface area contributed by atoms with E-state index in [1.807, 2.05) is 32.9 Å². The number of nitrogens with zero attached hydrogens (tertiary/aromatic N) is 1. The first kappa shape index (κ1) is 19.5. The smallest absolute Gasteiger partial charge is 0.217 e. The van der Waals surface area contributed by atoms with Gasteiger partial charge in [0.1, 0.15) is 5.75 Å². The Morgan fingerprint density at radius 2 is 1.88 bits per heavy atom. The quantitative estimate of drug-likeness (QED) is 0.780. The standard InChI is InChI=1S/C19H30N2O4/c1-13(2)24-19-10-9-18(11-20-19)25-17-7-5-16(6-8-17)23-12-14(3)21-15(4)22/h9-11,13-14,16-17H,5-8,12H2,1-4H3,(H,21,22)/t14-,16?,17?/m1/s1. The maximum absolute atomic E-state index is 11.0. The number of aromatic nitrogens is 1. The number of carbonyl (C=O) groups excluding carboxylic acids is 1. The highest BCUT2D eigenvalue weighted by Gasteiger charge is 2.23. The molecular formula is C19H30N2O4. The van der Waals surface area contributed by atoms with Gasteiger partial charge in [-0.05, 0) is 52.5 Å². The zero-order valence-electron chi connectivity index (χ0n) is 15.7. The van der Waals surface area contributed by atoms with Crippen molar-refractivity contribution < 1.29 is 19.0 Å². The van der Waals surface area contributed by atoms with Crippen molar-refractivity contribution in [2.24, 2.45) is 0 Å². The van der Waals surface area contributed by atoms with Crippen molar-refractivity contribution in [2.45, 2.75) is 77.7 Å². The minimum Gasteiger partial charge on any atom is -0.489 e. The molecule has 1 amide bonds. The van der Waals surface area contributed by atoms with Crippen molar-refractivity contribution in [1.82, 2.24) is 10.3 Å². The number of pyridine rings is 1. The number of carbonyl (C=O) groups is 1. The van der Waals surface area contributed by atoms with E-state index in [0.29, 0.717) is 12.5 Å². The van der Waals surface area contributed by atoms with Gasteiger partial charge in [0, 0.05) is 19.0 Å². The molecule has 2 rings (SSSR count). The third-order valence-corrected chi connectivity index (χ3v) is 4.02. The van der Waals surface area contributed by atoms with E-state index in [0.717, 1.165) is 31.4 Å². The Morgan fingerprint density at radius 1 is 1.20 bits per heavy atom. The molecular weight excluding hydrogens is 320 g/mol. The summed E-state index contributed by atoms with van der Waals surface area (Å²) in [5, 5.41) is 2.83. The molecule has 1 heterocycles. The Hall–Kier alpha value is -1.82. The lowest BCUT2D eigenvalue weighted by atomic mass is 9.95.